The molecule has 7 nitrogen and oxygen atoms in total. The first kappa shape index (κ1) is 20.5. The predicted molar refractivity (Wildman–Crippen MR) is 85.9 cm³/mol. The van der Waals surface area contributed by atoms with Crippen LogP contribution in [0.1, 0.15) is 37.0 Å². The Morgan fingerprint density at radius 1 is 1.33 bits per heavy atom. The van der Waals surface area contributed by atoms with Crippen molar-refractivity contribution in [1.82, 2.24) is 14.3 Å². The number of aromatic carboxylic acids is 1. The Morgan fingerprint density at radius 3 is 2.41 bits per heavy atom. The zero-order valence-electron chi connectivity index (χ0n) is 14.7. The topological polar surface area (TPSA) is 86.4 Å². The molecule has 1 aromatic carbocycles. The highest BCUT2D eigenvalue weighted by atomic mass is 19.4. The largest absolute Gasteiger partial charge is 0.480 e. The average Bonchev–Trinajstić information content (AvgIpc) is 2.90. The summed E-state index contributed by atoms with van der Waals surface area (Å²) in [5.41, 5.74) is -2.01. The van der Waals surface area contributed by atoms with E-state index in [4.69, 9.17) is 9.84 Å². The van der Waals surface area contributed by atoms with Crippen LogP contribution in [0.4, 0.5) is 17.6 Å². The van der Waals surface area contributed by atoms with Crippen molar-refractivity contribution in [1.29, 1.82) is 0 Å². The van der Waals surface area contributed by atoms with E-state index >= 15 is 0 Å². The van der Waals surface area contributed by atoms with Gasteiger partial charge >= 0.3 is 17.8 Å². The maximum atomic E-state index is 14.4. The first-order valence-corrected chi connectivity index (χ1v) is 8.00. The summed E-state index contributed by atoms with van der Waals surface area (Å²) in [6.07, 6.45) is -6.75. The number of aryl methyl sites for hydroxylation is 1. The fraction of sp³-hybridized carbons (Fsp3) is 0.438. The minimum absolute atomic E-state index is 0.255. The second-order valence-corrected chi connectivity index (χ2v) is 5.62. The number of alkyl halides is 3. The summed E-state index contributed by atoms with van der Waals surface area (Å²) < 4.78 is 59.4. The van der Waals surface area contributed by atoms with E-state index in [9.17, 15) is 27.2 Å². The Hall–Kier alpha value is -2.85. The molecule has 0 aliphatic rings. The van der Waals surface area contributed by atoms with Crippen molar-refractivity contribution in [2.24, 2.45) is 0 Å². The lowest BCUT2D eigenvalue weighted by Gasteiger charge is -2.19. The second kappa shape index (κ2) is 7.41. The molecule has 0 fully saturated rings. The number of carboxylic acid groups (broad SMARTS) is 1. The molecule has 2 rings (SSSR count). The Kier molecular flexibility index (Phi) is 5.62. The number of rotatable bonds is 6. The lowest BCUT2D eigenvalue weighted by atomic mass is 10.1. The van der Waals surface area contributed by atoms with Gasteiger partial charge in [-0.2, -0.15) is 17.9 Å². The average molecular weight is 391 g/mol. The Morgan fingerprint density at radius 2 is 1.96 bits per heavy atom. The fourth-order valence-electron chi connectivity index (χ4n) is 2.40. The molecule has 0 bridgehead atoms. The summed E-state index contributed by atoms with van der Waals surface area (Å²) in [5, 5.41) is 13.1. The van der Waals surface area contributed by atoms with Crippen LogP contribution >= 0.6 is 0 Å². The molecule has 1 aromatic heterocycles. The van der Waals surface area contributed by atoms with Crippen molar-refractivity contribution in [3.05, 3.63) is 39.8 Å². The van der Waals surface area contributed by atoms with Gasteiger partial charge in [0.2, 0.25) is 0 Å². The molecular weight excluding hydrogens is 374 g/mol. The third-order valence-corrected chi connectivity index (χ3v) is 3.84. The monoisotopic (exact) mass is 391 g/mol. The zero-order chi connectivity index (χ0) is 20.5. The van der Waals surface area contributed by atoms with E-state index < -0.39 is 46.8 Å². The van der Waals surface area contributed by atoms with Gasteiger partial charge in [0, 0.05) is 19.0 Å². The van der Waals surface area contributed by atoms with Crippen LogP contribution in [0.15, 0.2) is 16.9 Å². The maximum Gasteiger partial charge on any atom is 0.425 e. The summed E-state index contributed by atoms with van der Waals surface area (Å²) in [7, 11) is 0. The number of hydrogen-bond donors (Lipinski definition) is 1. The normalized spacial score (nSPS) is 12.9. The summed E-state index contributed by atoms with van der Waals surface area (Å²) in [6.45, 7) is 4.34. The van der Waals surface area contributed by atoms with E-state index in [-0.39, 0.29) is 6.54 Å². The Balaban J connectivity index is 2.66. The molecule has 0 amide bonds. The highest BCUT2D eigenvalue weighted by Crippen LogP contribution is 2.30. The van der Waals surface area contributed by atoms with E-state index in [2.05, 4.69) is 5.10 Å². The molecule has 27 heavy (non-hydrogen) atoms. The zero-order valence-corrected chi connectivity index (χ0v) is 14.7. The number of nitrogens with zero attached hydrogens (tertiary/aromatic N) is 3. The maximum absolute atomic E-state index is 14.4. The van der Waals surface area contributed by atoms with Gasteiger partial charge in [-0.3, -0.25) is 4.57 Å². The van der Waals surface area contributed by atoms with Gasteiger partial charge < -0.3 is 9.84 Å². The minimum atomic E-state index is -4.76. The fourth-order valence-corrected chi connectivity index (χ4v) is 2.40. The molecule has 148 valence electrons. The lowest BCUT2D eigenvalue weighted by molar-refractivity contribution is -0.189. The summed E-state index contributed by atoms with van der Waals surface area (Å²) in [5.74, 6) is -3.19. The van der Waals surface area contributed by atoms with Gasteiger partial charge in [-0.15, -0.1) is 5.10 Å². The van der Waals surface area contributed by atoms with Gasteiger partial charge in [0.25, 0.3) is 0 Å². The van der Waals surface area contributed by atoms with Gasteiger partial charge in [-0.1, -0.05) is 6.92 Å². The number of carboxylic acids is 1. The molecule has 0 saturated carbocycles. The lowest BCUT2D eigenvalue weighted by Crippen LogP contribution is -2.32. The number of halogens is 4. The van der Waals surface area contributed by atoms with E-state index in [0.29, 0.717) is 29.9 Å². The predicted octanol–water partition coefficient (Wildman–Crippen LogP) is 2.78. The highest BCUT2D eigenvalue weighted by Gasteiger charge is 2.39. The summed E-state index contributed by atoms with van der Waals surface area (Å²) in [4.78, 5) is 23.7. The molecule has 2 aromatic rings. The van der Waals surface area contributed by atoms with E-state index in [0.717, 1.165) is 6.07 Å². The first-order valence-electron chi connectivity index (χ1n) is 8.00. The molecular formula is C16H17F4N3O4. The van der Waals surface area contributed by atoms with Gasteiger partial charge in [0.05, 0.1) is 0 Å². The minimum Gasteiger partial charge on any atom is -0.480 e. The summed E-state index contributed by atoms with van der Waals surface area (Å²) in [6, 6.07) is 1.23. The van der Waals surface area contributed by atoms with Gasteiger partial charge in [0.1, 0.15) is 28.6 Å². The van der Waals surface area contributed by atoms with Crippen LogP contribution in [0.2, 0.25) is 0 Å². The quantitative estimate of drug-likeness (QED) is 0.766. The Labute approximate surface area is 150 Å². The molecule has 0 unspecified atom stereocenters. The van der Waals surface area contributed by atoms with Gasteiger partial charge in [0.15, 0.2) is 6.10 Å². The van der Waals surface area contributed by atoms with Crippen LogP contribution in [0.3, 0.4) is 0 Å². The number of ether oxygens (including phenoxy) is 1. The molecule has 11 heteroatoms. The SMILES string of the molecule is CCc1nn(-c2cc(O[C@@H](C)C(F)(F)F)c(C(=O)O)cc2F)c(=O)n1CC. The molecule has 0 spiro atoms. The molecule has 0 radical (unpaired) electrons. The number of aromatic nitrogens is 3. The van der Waals surface area contributed by atoms with Gasteiger partial charge in [-0.05, 0) is 19.9 Å². The van der Waals surface area contributed by atoms with Crippen LogP contribution in [0.25, 0.3) is 5.69 Å². The smallest absolute Gasteiger partial charge is 0.425 e. The van der Waals surface area contributed by atoms with Crippen LogP contribution in [0, 0.1) is 5.82 Å². The number of benzene rings is 1. The first-order chi connectivity index (χ1) is 12.5. The van der Waals surface area contributed by atoms with Crippen molar-refractivity contribution in [3.63, 3.8) is 0 Å². The van der Waals surface area contributed by atoms with Crippen LogP contribution in [-0.2, 0) is 13.0 Å². The van der Waals surface area contributed by atoms with Crippen molar-refractivity contribution in [3.8, 4) is 11.4 Å². The third kappa shape index (κ3) is 3.96. The van der Waals surface area contributed by atoms with Crippen molar-refractivity contribution < 1.29 is 32.2 Å². The third-order valence-electron chi connectivity index (χ3n) is 3.84. The molecule has 0 aliphatic heterocycles. The standard InChI is InChI=1S/C16H17F4N3O4/c1-4-13-21-23(15(26)22(13)5-2)11-7-12(27-8(3)16(18,19)20)9(14(24)25)6-10(11)17/h6-8H,4-5H2,1-3H3,(H,24,25)/t8-/m0/s1. The summed E-state index contributed by atoms with van der Waals surface area (Å²) >= 11 is 0. The second-order valence-electron chi connectivity index (χ2n) is 5.62. The molecule has 1 heterocycles. The van der Waals surface area contributed by atoms with E-state index in [1.54, 1.807) is 13.8 Å². The highest BCUT2D eigenvalue weighted by molar-refractivity contribution is 5.91. The van der Waals surface area contributed by atoms with E-state index in [1.807, 2.05) is 0 Å². The van der Waals surface area contributed by atoms with Gasteiger partial charge in [-0.25, -0.2) is 14.0 Å². The molecule has 0 saturated heterocycles. The van der Waals surface area contributed by atoms with Crippen LogP contribution < -0.4 is 10.4 Å². The number of hydrogen-bond acceptors (Lipinski definition) is 4. The van der Waals surface area contributed by atoms with Crippen molar-refractivity contribution >= 4 is 5.97 Å². The molecule has 0 aliphatic carbocycles. The van der Waals surface area contributed by atoms with Crippen molar-refractivity contribution in [2.45, 2.75) is 46.0 Å². The molecule has 1 atom stereocenters. The number of carbonyl (C=O) groups is 1. The van der Waals surface area contributed by atoms with Crippen LogP contribution in [0.5, 0.6) is 5.75 Å². The van der Waals surface area contributed by atoms with E-state index in [1.165, 1.54) is 4.57 Å². The Bertz CT molecular complexity index is 918. The van der Waals surface area contributed by atoms with Crippen LogP contribution in [-0.4, -0.2) is 37.7 Å². The molecule has 1 N–H and O–H groups in total. The van der Waals surface area contributed by atoms with Crippen molar-refractivity contribution in [2.75, 3.05) is 0 Å².